The molecule has 0 aliphatic carbocycles. The number of amides is 1. The first-order valence-electron chi connectivity index (χ1n) is 14.9. The molecular formula is C33H39N4O7P. The number of phenols is 1. The van der Waals surface area contributed by atoms with Gasteiger partial charge >= 0.3 is 7.52 Å². The van der Waals surface area contributed by atoms with Crippen molar-refractivity contribution in [2.45, 2.75) is 52.4 Å². The van der Waals surface area contributed by atoms with Crippen molar-refractivity contribution >= 4 is 24.3 Å². The number of aromatic hydroxyl groups is 1. The Balaban J connectivity index is 1.39. The van der Waals surface area contributed by atoms with Gasteiger partial charge in [0.05, 0.1) is 17.8 Å². The topological polar surface area (TPSA) is 153 Å². The molecule has 0 saturated heterocycles. The molecule has 4 aromatic rings. The highest BCUT2D eigenvalue weighted by atomic mass is 31.2. The van der Waals surface area contributed by atoms with E-state index in [1.165, 1.54) is 6.20 Å². The first-order valence-corrected chi connectivity index (χ1v) is 16.7. The Kier molecular flexibility index (Phi) is 10.2. The zero-order chi connectivity index (χ0) is 32.1. The highest BCUT2D eigenvalue weighted by Gasteiger charge is 2.37. The van der Waals surface area contributed by atoms with Crippen LogP contribution in [0.2, 0.25) is 0 Å². The van der Waals surface area contributed by atoms with Crippen LogP contribution in [0.15, 0.2) is 72.9 Å². The number of carbonyl (C=O) groups is 1. The molecule has 1 aliphatic rings. The van der Waals surface area contributed by atoms with Crippen molar-refractivity contribution in [2.75, 3.05) is 19.3 Å². The molecule has 5 N–H and O–H groups in total. The van der Waals surface area contributed by atoms with Crippen LogP contribution in [0.1, 0.15) is 52.7 Å². The SMILES string of the molecule is CCOC(O)[C@H](C)NP(=O)(CCNC(=O)c1c2c(c(O)c3ncccc13)C(O)N(Cc1ccc(C)cc1)C2)Oc1ccccc1. The number of para-hydroxylation sites is 1. The Morgan fingerprint density at radius 3 is 2.58 bits per heavy atom. The number of nitrogens with zero attached hydrogens (tertiary/aromatic N) is 2. The Labute approximate surface area is 262 Å². The standard InChI is InChI=1S/C33H39N4O7P/c1-4-43-33(41)22(3)36-45(42,44-24-9-6-5-7-10-24)18-17-35-31(39)27-25-11-8-16-34-29(25)30(38)28-26(27)20-37(32(28)40)19-23-14-12-21(2)13-15-23/h5-16,22,32-33,38,40-41H,4,17-20H2,1-3H3,(H,35,39)(H,36,42)/t22-,32?,33?,45?/m0/s1. The molecule has 1 aromatic heterocycles. The fourth-order valence-corrected chi connectivity index (χ4v) is 7.38. The summed E-state index contributed by atoms with van der Waals surface area (Å²) in [5, 5.41) is 39.0. The third-order valence-corrected chi connectivity index (χ3v) is 9.85. The van der Waals surface area contributed by atoms with Gasteiger partial charge in [-0.25, -0.2) is 5.09 Å². The minimum Gasteiger partial charge on any atom is -0.505 e. The number of rotatable bonds is 13. The number of hydrogen-bond donors (Lipinski definition) is 5. The largest absolute Gasteiger partial charge is 0.505 e. The summed E-state index contributed by atoms with van der Waals surface area (Å²) >= 11 is 0. The number of nitrogens with one attached hydrogen (secondary N) is 2. The summed E-state index contributed by atoms with van der Waals surface area (Å²) in [6.07, 6.45) is -0.955. The highest BCUT2D eigenvalue weighted by Crippen LogP contribution is 2.45. The number of carbonyl (C=O) groups excluding carboxylic acids is 1. The van der Waals surface area contributed by atoms with Crippen molar-refractivity contribution in [1.29, 1.82) is 0 Å². The molecule has 238 valence electrons. The van der Waals surface area contributed by atoms with Gasteiger partial charge in [-0.1, -0.05) is 54.1 Å². The zero-order valence-electron chi connectivity index (χ0n) is 25.5. The number of ether oxygens (including phenoxy) is 1. The minimum atomic E-state index is -3.66. The van der Waals surface area contributed by atoms with E-state index in [0.717, 1.165) is 11.1 Å². The fourth-order valence-electron chi connectivity index (χ4n) is 5.49. The number of benzene rings is 3. The summed E-state index contributed by atoms with van der Waals surface area (Å²) in [5.41, 5.74) is 3.33. The minimum absolute atomic E-state index is 0.0412. The van der Waals surface area contributed by atoms with Gasteiger partial charge in [-0.3, -0.25) is 19.2 Å². The highest BCUT2D eigenvalue weighted by molar-refractivity contribution is 7.57. The predicted molar refractivity (Wildman–Crippen MR) is 171 cm³/mol. The Bertz CT molecular complexity index is 1690. The van der Waals surface area contributed by atoms with E-state index in [0.29, 0.717) is 23.2 Å². The smallest absolute Gasteiger partial charge is 0.318 e. The molecule has 5 rings (SSSR count). The lowest BCUT2D eigenvalue weighted by molar-refractivity contribution is -0.109. The van der Waals surface area contributed by atoms with Crippen LogP contribution in [-0.2, 0) is 22.4 Å². The molecule has 0 fully saturated rings. The van der Waals surface area contributed by atoms with Gasteiger partial charge in [0.1, 0.15) is 23.2 Å². The van der Waals surface area contributed by atoms with Gasteiger partial charge in [-0.05, 0) is 50.1 Å². The number of aryl methyl sites for hydroxylation is 1. The third-order valence-electron chi connectivity index (χ3n) is 7.74. The first-order chi connectivity index (χ1) is 21.6. The number of hydrogen-bond acceptors (Lipinski definition) is 9. The average Bonchev–Trinajstić information content (AvgIpc) is 3.34. The number of aliphatic hydroxyl groups is 2. The van der Waals surface area contributed by atoms with Crippen molar-refractivity contribution in [3.63, 3.8) is 0 Å². The van der Waals surface area contributed by atoms with Gasteiger partial charge in [0.25, 0.3) is 5.91 Å². The molecular weight excluding hydrogens is 595 g/mol. The van der Waals surface area contributed by atoms with Crippen molar-refractivity contribution in [3.8, 4) is 11.5 Å². The van der Waals surface area contributed by atoms with Crippen molar-refractivity contribution < 1.29 is 33.9 Å². The Morgan fingerprint density at radius 2 is 1.87 bits per heavy atom. The van der Waals surface area contributed by atoms with E-state index in [1.807, 2.05) is 31.2 Å². The molecule has 4 atom stereocenters. The molecule has 0 bridgehead atoms. The van der Waals surface area contributed by atoms with Gasteiger partial charge in [-0.2, -0.15) is 0 Å². The summed E-state index contributed by atoms with van der Waals surface area (Å²) in [7, 11) is -3.66. The van der Waals surface area contributed by atoms with Gasteiger partial charge in [0.2, 0.25) is 0 Å². The molecule has 3 aromatic carbocycles. The summed E-state index contributed by atoms with van der Waals surface area (Å²) in [5.74, 6) is -0.265. The third kappa shape index (κ3) is 7.36. The molecule has 12 heteroatoms. The zero-order valence-corrected chi connectivity index (χ0v) is 26.4. The Morgan fingerprint density at radius 1 is 1.13 bits per heavy atom. The molecule has 11 nitrogen and oxygen atoms in total. The summed E-state index contributed by atoms with van der Waals surface area (Å²) < 4.78 is 25.1. The van der Waals surface area contributed by atoms with Gasteiger partial charge in [0, 0.05) is 43.4 Å². The summed E-state index contributed by atoms with van der Waals surface area (Å²) in [6.45, 7) is 6.22. The monoisotopic (exact) mass is 634 g/mol. The predicted octanol–water partition coefficient (Wildman–Crippen LogP) is 4.59. The van der Waals surface area contributed by atoms with Crippen LogP contribution in [-0.4, -0.2) is 62.8 Å². The normalized spacial score (nSPS) is 17.4. The summed E-state index contributed by atoms with van der Waals surface area (Å²) in [6, 6.07) is 19.2. The maximum absolute atomic E-state index is 14.0. The van der Waals surface area contributed by atoms with Crippen LogP contribution in [0.25, 0.3) is 10.9 Å². The van der Waals surface area contributed by atoms with Gasteiger partial charge in [0.15, 0.2) is 6.29 Å². The van der Waals surface area contributed by atoms with E-state index < -0.39 is 32.0 Å². The maximum atomic E-state index is 14.0. The number of aromatic nitrogens is 1. The number of phenolic OH excluding ortho intramolecular Hbond substituents is 1. The molecule has 0 saturated carbocycles. The molecule has 0 radical (unpaired) electrons. The van der Waals surface area contributed by atoms with Crippen LogP contribution in [0, 0.1) is 6.92 Å². The second-order valence-electron chi connectivity index (χ2n) is 11.1. The van der Waals surface area contributed by atoms with Crippen LogP contribution in [0.4, 0.5) is 0 Å². The van der Waals surface area contributed by atoms with Crippen molar-refractivity contribution in [3.05, 3.63) is 101 Å². The molecule has 1 amide bonds. The number of aliphatic hydroxyl groups excluding tert-OH is 2. The second-order valence-corrected chi connectivity index (χ2v) is 13.3. The van der Waals surface area contributed by atoms with Crippen LogP contribution in [0.5, 0.6) is 11.5 Å². The molecule has 2 heterocycles. The lowest BCUT2D eigenvalue weighted by Crippen LogP contribution is -2.40. The van der Waals surface area contributed by atoms with Crippen molar-refractivity contribution in [2.24, 2.45) is 0 Å². The Hall–Kier alpha value is -3.83. The van der Waals surface area contributed by atoms with Gasteiger partial charge in [-0.15, -0.1) is 0 Å². The first kappa shape index (κ1) is 32.6. The van der Waals surface area contributed by atoms with E-state index in [9.17, 15) is 24.7 Å². The summed E-state index contributed by atoms with van der Waals surface area (Å²) in [4.78, 5) is 20.0. The van der Waals surface area contributed by atoms with Crippen molar-refractivity contribution in [1.82, 2.24) is 20.3 Å². The lowest BCUT2D eigenvalue weighted by Gasteiger charge is -2.27. The van der Waals surface area contributed by atoms with E-state index >= 15 is 0 Å². The number of fused-ring (bicyclic) bond motifs is 2. The molecule has 1 aliphatic heterocycles. The second kappa shape index (κ2) is 14.1. The van der Waals surface area contributed by atoms with E-state index in [4.69, 9.17) is 9.26 Å². The van der Waals surface area contributed by atoms with E-state index in [2.05, 4.69) is 15.4 Å². The molecule has 45 heavy (non-hydrogen) atoms. The quantitative estimate of drug-likeness (QED) is 0.104. The maximum Gasteiger partial charge on any atom is 0.318 e. The van der Waals surface area contributed by atoms with Crippen LogP contribution >= 0.6 is 7.52 Å². The number of pyridine rings is 1. The van der Waals surface area contributed by atoms with E-state index in [1.54, 1.807) is 61.2 Å². The lowest BCUT2D eigenvalue weighted by atomic mass is 9.96. The molecule has 0 spiro atoms. The van der Waals surface area contributed by atoms with E-state index in [-0.39, 0.29) is 48.3 Å². The van der Waals surface area contributed by atoms with Crippen LogP contribution in [0.3, 0.4) is 0 Å². The fraction of sp³-hybridized carbons (Fsp3) is 0.333. The average molecular weight is 635 g/mol. The van der Waals surface area contributed by atoms with Crippen LogP contribution < -0.4 is 14.9 Å². The van der Waals surface area contributed by atoms with Gasteiger partial charge < -0.3 is 29.9 Å². The molecule has 3 unspecified atom stereocenters.